The molecule has 1 amide bonds. The van der Waals surface area contributed by atoms with Gasteiger partial charge in [0, 0.05) is 23.0 Å². The molecule has 0 unspecified atom stereocenters. The number of carbonyl (C=O) groups excluding carboxylic acids is 1. The molecule has 0 radical (unpaired) electrons. The van der Waals surface area contributed by atoms with E-state index in [0.29, 0.717) is 23.1 Å². The summed E-state index contributed by atoms with van der Waals surface area (Å²) in [6.45, 7) is 6.22. The van der Waals surface area contributed by atoms with Crippen LogP contribution in [0.4, 0.5) is 0 Å². The second-order valence-electron chi connectivity index (χ2n) is 7.41. The molecule has 4 rings (SSSR count). The number of pyridine rings is 1. The van der Waals surface area contributed by atoms with Gasteiger partial charge in [-0.1, -0.05) is 48.0 Å². The SMILES string of the molecule is Cc1c(Cl)cccc1-n1nc(C)c2c(C)cc(OCC(=O)NCc3ccccc3)nc21. The Bertz CT molecular complexity index is 1250. The zero-order valence-electron chi connectivity index (χ0n) is 17.6. The van der Waals surface area contributed by atoms with Crippen molar-refractivity contribution in [1.29, 1.82) is 0 Å². The minimum Gasteiger partial charge on any atom is -0.468 e. The van der Waals surface area contributed by atoms with E-state index in [1.54, 1.807) is 4.68 Å². The third-order valence-corrected chi connectivity index (χ3v) is 5.55. The molecule has 2 heterocycles. The van der Waals surface area contributed by atoms with E-state index < -0.39 is 0 Å². The van der Waals surface area contributed by atoms with Crippen LogP contribution in [0, 0.1) is 20.8 Å². The van der Waals surface area contributed by atoms with Gasteiger partial charge in [0.15, 0.2) is 12.3 Å². The third-order valence-electron chi connectivity index (χ3n) is 5.14. The molecule has 6 nitrogen and oxygen atoms in total. The summed E-state index contributed by atoms with van der Waals surface area (Å²) in [5.41, 5.74) is 5.32. The van der Waals surface area contributed by atoms with E-state index in [9.17, 15) is 4.79 Å². The first kappa shape index (κ1) is 20.9. The van der Waals surface area contributed by atoms with E-state index in [0.717, 1.165) is 33.5 Å². The number of aromatic nitrogens is 3. The first-order valence-electron chi connectivity index (χ1n) is 10.00. The molecule has 158 valence electrons. The number of benzene rings is 2. The molecule has 0 spiro atoms. The summed E-state index contributed by atoms with van der Waals surface area (Å²) in [4.78, 5) is 16.9. The van der Waals surface area contributed by atoms with Gasteiger partial charge in [0.2, 0.25) is 5.88 Å². The van der Waals surface area contributed by atoms with Crippen molar-refractivity contribution in [2.75, 3.05) is 6.61 Å². The Morgan fingerprint density at radius 3 is 2.65 bits per heavy atom. The van der Waals surface area contributed by atoms with Crippen LogP contribution in [0.2, 0.25) is 5.02 Å². The maximum atomic E-state index is 12.2. The summed E-state index contributed by atoms with van der Waals surface area (Å²) in [6, 6.07) is 17.3. The van der Waals surface area contributed by atoms with Crippen molar-refractivity contribution in [2.45, 2.75) is 27.3 Å². The highest BCUT2D eigenvalue weighted by molar-refractivity contribution is 6.31. The standard InChI is InChI=1S/C24H23ClN4O2/c1-15-12-22(31-14-21(30)26-13-18-8-5-4-6-9-18)27-24-23(15)17(3)28-29(24)20-11-7-10-19(25)16(20)2/h4-12H,13-14H2,1-3H3,(H,26,30). The molecule has 0 aliphatic heterocycles. The Labute approximate surface area is 185 Å². The minimum absolute atomic E-state index is 0.117. The quantitative estimate of drug-likeness (QED) is 0.477. The molecular weight excluding hydrogens is 412 g/mol. The number of hydrogen-bond donors (Lipinski definition) is 1. The average molecular weight is 435 g/mol. The van der Waals surface area contributed by atoms with E-state index in [2.05, 4.69) is 15.4 Å². The van der Waals surface area contributed by atoms with E-state index in [-0.39, 0.29) is 12.5 Å². The predicted octanol–water partition coefficient (Wildman–Crippen LogP) is 4.69. The number of ether oxygens (including phenoxy) is 1. The second-order valence-corrected chi connectivity index (χ2v) is 7.82. The lowest BCUT2D eigenvalue weighted by Crippen LogP contribution is -2.28. The zero-order valence-corrected chi connectivity index (χ0v) is 18.4. The molecule has 4 aromatic rings. The normalized spacial score (nSPS) is 11.0. The maximum Gasteiger partial charge on any atom is 0.258 e. The first-order chi connectivity index (χ1) is 14.9. The summed E-state index contributed by atoms with van der Waals surface area (Å²) >= 11 is 6.31. The van der Waals surface area contributed by atoms with E-state index in [1.165, 1.54) is 0 Å². The highest BCUT2D eigenvalue weighted by Crippen LogP contribution is 2.29. The molecule has 2 aromatic carbocycles. The minimum atomic E-state index is -0.209. The van der Waals surface area contributed by atoms with Gasteiger partial charge in [-0.3, -0.25) is 4.79 Å². The number of nitrogens with one attached hydrogen (secondary N) is 1. The zero-order chi connectivity index (χ0) is 22.0. The lowest BCUT2D eigenvalue weighted by Gasteiger charge is -2.10. The van der Waals surface area contributed by atoms with Crippen molar-refractivity contribution in [3.63, 3.8) is 0 Å². The highest BCUT2D eigenvalue weighted by Gasteiger charge is 2.17. The third kappa shape index (κ3) is 4.39. The van der Waals surface area contributed by atoms with Crippen LogP contribution in [0.5, 0.6) is 5.88 Å². The summed E-state index contributed by atoms with van der Waals surface area (Å²) in [7, 11) is 0. The van der Waals surface area contributed by atoms with Crippen molar-refractivity contribution >= 4 is 28.5 Å². The van der Waals surface area contributed by atoms with E-state index in [4.69, 9.17) is 16.3 Å². The number of fused-ring (bicyclic) bond motifs is 1. The van der Waals surface area contributed by atoms with Gasteiger partial charge in [-0.05, 0) is 49.6 Å². The summed E-state index contributed by atoms with van der Waals surface area (Å²) in [6.07, 6.45) is 0. The summed E-state index contributed by atoms with van der Waals surface area (Å²) in [5, 5.41) is 9.16. The van der Waals surface area contributed by atoms with Crippen molar-refractivity contribution in [3.05, 3.63) is 82.0 Å². The lowest BCUT2D eigenvalue weighted by atomic mass is 10.1. The van der Waals surface area contributed by atoms with Gasteiger partial charge in [-0.2, -0.15) is 10.1 Å². The molecular formula is C24H23ClN4O2. The Morgan fingerprint density at radius 1 is 1.10 bits per heavy atom. The smallest absolute Gasteiger partial charge is 0.258 e. The Morgan fingerprint density at radius 2 is 1.87 bits per heavy atom. The molecule has 0 aliphatic carbocycles. The van der Waals surface area contributed by atoms with Gasteiger partial charge < -0.3 is 10.1 Å². The number of rotatable bonds is 6. The van der Waals surface area contributed by atoms with Gasteiger partial charge >= 0.3 is 0 Å². The van der Waals surface area contributed by atoms with Gasteiger partial charge in [0.25, 0.3) is 5.91 Å². The van der Waals surface area contributed by atoms with Crippen LogP contribution in [-0.4, -0.2) is 27.3 Å². The molecule has 0 bridgehead atoms. The van der Waals surface area contributed by atoms with Crippen LogP contribution >= 0.6 is 11.6 Å². The fourth-order valence-corrected chi connectivity index (χ4v) is 3.70. The average Bonchev–Trinajstić information content (AvgIpc) is 3.10. The van der Waals surface area contributed by atoms with Crippen molar-refractivity contribution < 1.29 is 9.53 Å². The highest BCUT2D eigenvalue weighted by atomic mass is 35.5. The number of amides is 1. The number of carbonyl (C=O) groups is 1. The fraction of sp³-hybridized carbons (Fsp3) is 0.208. The van der Waals surface area contributed by atoms with Crippen LogP contribution in [-0.2, 0) is 11.3 Å². The Balaban J connectivity index is 1.57. The number of aryl methyl sites for hydroxylation is 2. The molecule has 1 N–H and O–H groups in total. The monoisotopic (exact) mass is 434 g/mol. The molecule has 0 atom stereocenters. The van der Waals surface area contributed by atoms with Crippen LogP contribution in [0.15, 0.2) is 54.6 Å². The molecule has 0 fully saturated rings. The van der Waals surface area contributed by atoms with E-state index >= 15 is 0 Å². The van der Waals surface area contributed by atoms with Crippen molar-refractivity contribution in [1.82, 2.24) is 20.1 Å². The molecule has 0 saturated carbocycles. The largest absolute Gasteiger partial charge is 0.468 e. The first-order valence-corrected chi connectivity index (χ1v) is 10.4. The second kappa shape index (κ2) is 8.78. The number of nitrogens with zero attached hydrogens (tertiary/aromatic N) is 3. The maximum absolute atomic E-state index is 12.2. The van der Waals surface area contributed by atoms with Crippen molar-refractivity contribution in [2.24, 2.45) is 0 Å². The van der Waals surface area contributed by atoms with Gasteiger partial charge in [0.05, 0.1) is 11.4 Å². The molecule has 2 aromatic heterocycles. The molecule has 7 heteroatoms. The lowest BCUT2D eigenvalue weighted by molar-refractivity contribution is -0.123. The van der Waals surface area contributed by atoms with Crippen LogP contribution in [0.3, 0.4) is 0 Å². The topological polar surface area (TPSA) is 69.0 Å². The van der Waals surface area contributed by atoms with Crippen molar-refractivity contribution in [3.8, 4) is 11.6 Å². The number of hydrogen-bond acceptors (Lipinski definition) is 4. The molecule has 31 heavy (non-hydrogen) atoms. The summed E-state index contributed by atoms with van der Waals surface area (Å²) < 4.78 is 7.49. The van der Waals surface area contributed by atoms with Gasteiger partial charge in [0.1, 0.15) is 0 Å². The molecule has 0 saturated heterocycles. The summed E-state index contributed by atoms with van der Waals surface area (Å²) in [5.74, 6) is 0.166. The van der Waals surface area contributed by atoms with Crippen LogP contribution in [0.25, 0.3) is 16.7 Å². The van der Waals surface area contributed by atoms with Crippen LogP contribution in [0.1, 0.15) is 22.4 Å². The van der Waals surface area contributed by atoms with Crippen LogP contribution < -0.4 is 10.1 Å². The van der Waals surface area contributed by atoms with Gasteiger partial charge in [-0.15, -0.1) is 0 Å². The predicted molar refractivity (Wildman–Crippen MR) is 122 cm³/mol. The van der Waals surface area contributed by atoms with Gasteiger partial charge in [-0.25, -0.2) is 4.68 Å². The number of halogens is 1. The molecule has 0 aliphatic rings. The van der Waals surface area contributed by atoms with E-state index in [1.807, 2.05) is 75.4 Å². The fourth-order valence-electron chi connectivity index (χ4n) is 3.53. The Kier molecular flexibility index (Phi) is 5.91. The Hall–Kier alpha value is -3.38.